The van der Waals surface area contributed by atoms with E-state index in [2.05, 4.69) is 74.6 Å². The number of rotatable bonds is 3. The second-order valence-electron chi connectivity index (χ2n) is 8.68. The smallest absolute Gasteiger partial charge is 0.403 e. The molecule has 1 fully saturated rings. The van der Waals surface area contributed by atoms with Gasteiger partial charge in [0.05, 0.1) is 19.3 Å². The summed E-state index contributed by atoms with van der Waals surface area (Å²) in [5.74, 6) is 0. The molecule has 1 aliphatic heterocycles. The molecule has 0 bridgehead atoms. The summed E-state index contributed by atoms with van der Waals surface area (Å²) >= 11 is 0. The Balaban J connectivity index is 2.76. The van der Waals surface area contributed by atoms with Crippen molar-refractivity contribution in [3.8, 4) is 0 Å². The van der Waals surface area contributed by atoms with Gasteiger partial charge in [0.25, 0.3) is 0 Å². The van der Waals surface area contributed by atoms with Crippen molar-refractivity contribution in [2.45, 2.75) is 91.0 Å². The lowest BCUT2D eigenvalue weighted by atomic mass is 9.85. The summed E-state index contributed by atoms with van der Waals surface area (Å²) in [6.07, 6.45) is 3.20. The molecule has 1 rings (SSSR count). The van der Waals surface area contributed by atoms with E-state index in [9.17, 15) is 0 Å². The third-order valence-electron chi connectivity index (χ3n) is 5.78. The van der Waals surface area contributed by atoms with Crippen LogP contribution in [0, 0.1) is 0 Å². The number of hydrogen-bond acceptors (Lipinski definition) is 2. The molecule has 0 N–H and O–H groups in total. The van der Waals surface area contributed by atoms with Crippen molar-refractivity contribution in [3.63, 3.8) is 0 Å². The first kappa shape index (κ1) is 18.0. The molecule has 0 aromatic heterocycles. The molecule has 0 amide bonds. The van der Waals surface area contributed by atoms with Gasteiger partial charge in [-0.3, -0.25) is 0 Å². The largest absolute Gasteiger partial charge is 0.461 e. The zero-order valence-corrected chi connectivity index (χ0v) is 16.2. The third kappa shape index (κ3) is 3.40. The molecule has 20 heavy (non-hydrogen) atoms. The van der Waals surface area contributed by atoms with Crippen LogP contribution in [0.2, 0.25) is 24.5 Å². The first-order chi connectivity index (χ1) is 8.71. The van der Waals surface area contributed by atoms with Gasteiger partial charge in [0.2, 0.25) is 0 Å². The van der Waals surface area contributed by atoms with E-state index < -0.39 is 8.07 Å². The predicted molar refractivity (Wildman–Crippen MR) is 91.8 cm³/mol. The summed E-state index contributed by atoms with van der Waals surface area (Å²) < 4.78 is 12.1. The summed E-state index contributed by atoms with van der Waals surface area (Å²) in [5.41, 5.74) is -0.452. The van der Waals surface area contributed by atoms with Gasteiger partial charge in [0.1, 0.15) is 0 Å². The fourth-order valence-corrected chi connectivity index (χ4v) is 3.99. The van der Waals surface area contributed by atoms with Crippen molar-refractivity contribution in [1.82, 2.24) is 0 Å². The van der Waals surface area contributed by atoms with E-state index in [1.54, 1.807) is 5.20 Å². The number of allylic oxidation sites excluding steroid dienone is 2. The molecule has 0 aromatic rings. The van der Waals surface area contributed by atoms with Gasteiger partial charge >= 0.3 is 7.12 Å². The first-order valence-corrected chi connectivity index (χ1v) is 10.7. The van der Waals surface area contributed by atoms with Crippen LogP contribution in [-0.2, 0) is 9.31 Å². The predicted octanol–water partition coefficient (Wildman–Crippen LogP) is 5.07. The Kier molecular flexibility index (Phi) is 4.76. The molecule has 0 aromatic carbocycles. The third-order valence-corrected chi connectivity index (χ3v) is 11.7. The fraction of sp³-hybridized carbons (Fsp3) is 0.875. The van der Waals surface area contributed by atoms with Gasteiger partial charge in [-0.05, 0) is 39.7 Å². The summed E-state index contributed by atoms with van der Waals surface area (Å²) in [6, 6.07) is 0. The van der Waals surface area contributed by atoms with Crippen LogP contribution in [0.1, 0.15) is 55.4 Å². The van der Waals surface area contributed by atoms with Gasteiger partial charge in [-0.15, -0.1) is 0 Å². The SMILES string of the molecule is C/C(=C/CB1OC(C)(C)C(C)(C)O1)[Si](C)(C)C(C)(C)C. The Morgan fingerprint density at radius 2 is 1.45 bits per heavy atom. The summed E-state index contributed by atoms with van der Waals surface area (Å²) in [7, 11) is -1.51. The number of hydrogen-bond donors (Lipinski definition) is 0. The highest BCUT2D eigenvalue weighted by Gasteiger charge is 2.50. The Bertz CT molecular complexity index is 376. The molecule has 0 unspecified atom stereocenters. The molecule has 1 aliphatic rings. The van der Waals surface area contributed by atoms with Crippen molar-refractivity contribution in [3.05, 3.63) is 11.3 Å². The maximum Gasteiger partial charge on any atom is 0.461 e. The molecule has 4 heteroatoms. The summed E-state index contributed by atoms with van der Waals surface area (Å²) in [5, 5.41) is 1.92. The lowest BCUT2D eigenvalue weighted by Crippen LogP contribution is -2.41. The van der Waals surface area contributed by atoms with E-state index in [1.807, 2.05) is 0 Å². The van der Waals surface area contributed by atoms with Crippen LogP contribution >= 0.6 is 0 Å². The van der Waals surface area contributed by atoms with E-state index in [-0.39, 0.29) is 18.3 Å². The highest BCUT2D eigenvalue weighted by atomic mass is 28.3. The maximum atomic E-state index is 6.06. The Labute approximate surface area is 127 Å². The molecule has 1 heterocycles. The lowest BCUT2D eigenvalue weighted by molar-refractivity contribution is 0.00578. The second kappa shape index (κ2) is 5.29. The maximum absolute atomic E-state index is 6.06. The van der Waals surface area contributed by atoms with E-state index in [0.29, 0.717) is 5.04 Å². The quantitative estimate of drug-likeness (QED) is 0.677. The second-order valence-corrected chi connectivity index (χ2v) is 14.2. The normalized spacial score (nSPS) is 23.3. The average molecular weight is 296 g/mol. The summed E-state index contributed by atoms with van der Waals surface area (Å²) in [6.45, 7) is 22.7. The molecule has 1 saturated heterocycles. The van der Waals surface area contributed by atoms with Gasteiger partial charge in [0.15, 0.2) is 0 Å². The standard InChI is InChI=1S/C16H33BO2Si/c1-13(20(9,10)14(2,3)4)11-12-17-18-15(5,6)16(7,8)19-17/h11H,12H2,1-10H3/b13-11-. The van der Waals surface area contributed by atoms with Crippen LogP contribution < -0.4 is 0 Å². The lowest BCUT2D eigenvalue weighted by Gasteiger charge is -2.38. The van der Waals surface area contributed by atoms with E-state index in [0.717, 1.165) is 6.32 Å². The van der Waals surface area contributed by atoms with Crippen molar-refractivity contribution in [2.24, 2.45) is 0 Å². The van der Waals surface area contributed by atoms with Crippen LogP contribution in [-0.4, -0.2) is 26.4 Å². The van der Waals surface area contributed by atoms with Crippen molar-refractivity contribution < 1.29 is 9.31 Å². The molecular formula is C16H33BO2Si. The minimum Gasteiger partial charge on any atom is -0.403 e. The Morgan fingerprint density at radius 1 is 1.05 bits per heavy atom. The minimum atomic E-state index is -1.40. The Morgan fingerprint density at radius 3 is 1.80 bits per heavy atom. The molecule has 0 spiro atoms. The first-order valence-electron chi connectivity index (χ1n) is 7.73. The van der Waals surface area contributed by atoms with E-state index in [1.165, 1.54) is 0 Å². The molecule has 0 aliphatic carbocycles. The Hall–Kier alpha value is -0.0582. The zero-order valence-electron chi connectivity index (χ0n) is 15.2. The van der Waals surface area contributed by atoms with Crippen molar-refractivity contribution in [2.75, 3.05) is 0 Å². The zero-order chi connectivity index (χ0) is 16.0. The highest BCUT2D eigenvalue weighted by Crippen LogP contribution is 2.41. The fourth-order valence-electron chi connectivity index (χ4n) is 2.18. The van der Waals surface area contributed by atoms with E-state index in [4.69, 9.17) is 9.31 Å². The topological polar surface area (TPSA) is 18.5 Å². The van der Waals surface area contributed by atoms with Crippen LogP contribution in [0.5, 0.6) is 0 Å². The summed E-state index contributed by atoms with van der Waals surface area (Å²) in [4.78, 5) is 0. The molecule has 0 saturated carbocycles. The molecular weight excluding hydrogens is 263 g/mol. The van der Waals surface area contributed by atoms with Crippen LogP contribution in [0.4, 0.5) is 0 Å². The van der Waals surface area contributed by atoms with Gasteiger partial charge in [-0.2, -0.15) is 0 Å². The van der Waals surface area contributed by atoms with Gasteiger partial charge in [-0.25, -0.2) is 0 Å². The van der Waals surface area contributed by atoms with Crippen LogP contribution in [0.3, 0.4) is 0 Å². The molecule has 0 atom stereocenters. The van der Waals surface area contributed by atoms with Gasteiger partial charge in [0, 0.05) is 6.32 Å². The van der Waals surface area contributed by atoms with Gasteiger partial charge in [-0.1, -0.05) is 45.1 Å². The van der Waals surface area contributed by atoms with Crippen molar-refractivity contribution >= 4 is 15.2 Å². The van der Waals surface area contributed by atoms with Crippen molar-refractivity contribution in [1.29, 1.82) is 0 Å². The van der Waals surface area contributed by atoms with E-state index >= 15 is 0 Å². The minimum absolute atomic E-state index is 0.111. The monoisotopic (exact) mass is 296 g/mol. The van der Waals surface area contributed by atoms with Crippen LogP contribution in [0.15, 0.2) is 11.3 Å². The molecule has 0 radical (unpaired) electrons. The molecule has 2 nitrogen and oxygen atoms in total. The van der Waals surface area contributed by atoms with Crippen LogP contribution in [0.25, 0.3) is 0 Å². The average Bonchev–Trinajstić information content (AvgIpc) is 2.42. The molecule has 116 valence electrons. The highest BCUT2D eigenvalue weighted by molar-refractivity contribution is 6.86. The van der Waals surface area contributed by atoms with Gasteiger partial charge < -0.3 is 9.31 Å².